The Labute approximate surface area is 56.4 Å². The zero-order chi connectivity index (χ0) is 6.69. The molecule has 1 heteroatoms. The third kappa shape index (κ3) is 1.81. The fourth-order valence-corrected chi connectivity index (χ4v) is 1.43. The van der Waals surface area contributed by atoms with Gasteiger partial charge in [-0.1, -0.05) is 19.8 Å². The van der Waals surface area contributed by atoms with Gasteiger partial charge in [0.1, 0.15) is 5.78 Å². The summed E-state index contributed by atoms with van der Waals surface area (Å²) in [5.41, 5.74) is 0. The third-order valence-corrected chi connectivity index (χ3v) is 1.96. The lowest BCUT2D eigenvalue weighted by molar-refractivity contribution is -0.117. The van der Waals surface area contributed by atoms with E-state index in [-0.39, 0.29) is 0 Å². The quantitative estimate of drug-likeness (QED) is 0.551. The maximum atomic E-state index is 10.7. The first-order valence-corrected chi connectivity index (χ1v) is 3.64. The predicted molar refractivity (Wildman–Crippen MR) is 36.9 cm³/mol. The Kier molecular flexibility index (Phi) is 2.26. The Balaban J connectivity index is 2.22. The molecule has 1 saturated carbocycles. The van der Waals surface area contributed by atoms with Crippen LogP contribution in [-0.4, -0.2) is 5.78 Å². The van der Waals surface area contributed by atoms with Crippen molar-refractivity contribution in [2.24, 2.45) is 5.92 Å². The largest absolute Gasteiger partial charge is 0.300 e. The molecule has 0 heterocycles. The Morgan fingerprint density at radius 1 is 1.67 bits per heavy atom. The van der Waals surface area contributed by atoms with Gasteiger partial charge in [0.15, 0.2) is 0 Å². The number of carbonyl (C=O) groups excluding carboxylic acids is 1. The average Bonchev–Trinajstić information content (AvgIpc) is 2.17. The van der Waals surface area contributed by atoms with Gasteiger partial charge < -0.3 is 0 Å². The van der Waals surface area contributed by atoms with Crippen LogP contribution in [0.4, 0.5) is 0 Å². The molecule has 9 heavy (non-hydrogen) atoms. The lowest BCUT2D eigenvalue weighted by Gasteiger charge is -2.02. The first-order chi connectivity index (χ1) is 4.33. The van der Waals surface area contributed by atoms with Crippen molar-refractivity contribution in [2.75, 3.05) is 0 Å². The Morgan fingerprint density at radius 3 is 2.89 bits per heavy atom. The van der Waals surface area contributed by atoms with E-state index >= 15 is 0 Å². The lowest BCUT2D eigenvalue weighted by Crippen LogP contribution is -1.93. The molecule has 0 N–H and O–H groups in total. The van der Waals surface area contributed by atoms with Crippen molar-refractivity contribution < 1.29 is 4.79 Å². The van der Waals surface area contributed by atoms with Crippen molar-refractivity contribution in [3.8, 4) is 0 Å². The molecule has 1 aliphatic rings. The molecule has 0 amide bonds. The number of hydrogen-bond donors (Lipinski definition) is 0. The summed E-state index contributed by atoms with van der Waals surface area (Å²) in [4.78, 5) is 10.7. The SMILES string of the molecule is [CH2]CCC1CCC(=O)C1. The van der Waals surface area contributed by atoms with Crippen molar-refractivity contribution in [3.63, 3.8) is 0 Å². The summed E-state index contributed by atoms with van der Waals surface area (Å²) in [7, 11) is 0. The van der Waals surface area contributed by atoms with Crippen molar-refractivity contribution in [1.29, 1.82) is 0 Å². The molecular formula is C8H13O. The maximum Gasteiger partial charge on any atom is 0.133 e. The molecule has 0 saturated heterocycles. The van der Waals surface area contributed by atoms with Gasteiger partial charge in [-0.2, -0.15) is 0 Å². The first kappa shape index (κ1) is 6.79. The second-order valence-corrected chi connectivity index (χ2v) is 2.79. The van der Waals surface area contributed by atoms with Gasteiger partial charge in [0.25, 0.3) is 0 Å². The van der Waals surface area contributed by atoms with Gasteiger partial charge in [-0.05, 0) is 12.3 Å². The minimum atomic E-state index is 0.452. The average molecular weight is 125 g/mol. The van der Waals surface area contributed by atoms with E-state index in [0.29, 0.717) is 11.7 Å². The van der Waals surface area contributed by atoms with E-state index in [1.54, 1.807) is 0 Å². The highest BCUT2D eigenvalue weighted by Crippen LogP contribution is 2.25. The zero-order valence-corrected chi connectivity index (χ0v) is 5.73. The van der Waals surface area contributed by atoms with E-state index in [0.717, 1.165) is 32.1 Å². The van der Waals surface area contributed by atoms with Crippen LogP contribution in [0.15, 0.2) is 0 Å². The van der Waals surface area contributed by atoms with Gasteiger partial charge in [0, 0.05) is 12.8 Å². The fraction of sp³-hybridized carbons (Fsp3) is 0.750. The molecule has 1 aliphatic carbocycles. The van der Waals surface area contributed by atoms with Crippen molar-refractivity contribution in [1.82, 2.24) is 0 Å². The van der Waals surface area contributed by atoms with Crippen LogP contribution < -0.4 is 0 Å². The van der Waals surface area contributed by atoms with Crippen molar-refractivity contribution in [2.45, 2.75) is 32.1 Å². The molecule has 1 nitrogen and oxygen atoms in total. The van der Waals surface area contributed by atoms with Gasteiger partial charge in [-0.25, -0.2) is 0 Å². The van der Waals surface area contributed by atoms with Gasteiger partial charge in [0.2, 0.25) is 0 Å². The Morgan fingerprint density at radius 2 is 2.44 bits per heavy atom. The van der Waals surface area contributed by atoms with Crippen LogP contribution in [0.2, 0.25) is 0 Å². The van der Waals surface area contributed by atoms with Crippen LogP contribution in [0.1, 0.15) is 32.1 Å². The molecule has 1 radical (unpaired) electrons. The van der Waals surface area contributed by atoms with Crippen LogP contribution in [0.25, 0.3) is 0 Å². The number of Topliss-reactive ketones (excluding diaryl/α,β-unsaturated/α-hetero) is 1. The van der Waals surface area contributed by atoms with E-state index in [1.165, 1.54) is 0 Å². The maximum absolute atomic E-state index is 10.7. The second kappa shape index (κ2) is 3.00. The summed E-state index contributed by atoms with van der Waals surface area (Å²) in [5, 5.41) is 0. The molecular weight excluding hydrogens is 112 g/mol. The van der Waals surface area contributed by atoms with Crippen LogP contribution in [0.5, 0.6) is 0 Å². The molecule has 0 bridgehead atoms. The topological polar surface area (TPSA) is 17.1 Å². The van der Waals surface area contributed by atoms with Crippen LogP contribution in [0.3, 0.4) is 0 Å². The third-order valence-electron chi connectivity index (χ3n) is 1.96. The van der Waals surface area contributed by atoms with E-state index in [2.05, 4.69) is 6.92 Å². The summed E-state index contributed by atoms with van der Waals surface area (Å²) in [6, 6.07) is 0. The van der Waals surface area contributed by atoms with E-state index in [9.17, 15) is 4.79 Å². The van der Waals surface area contributed by atoms with Gasteiger partial charge in [0.05, 0.1) is 0 Å². The summed E-state index contributed by atoms with van der Waals surface area (Å²) < 4.78 is 0. The standard InChI is InChI=1S/C8H13O/c1-2-3-7-4-5-8(9)6-7/h7H,1-6H2. The highest BCUT2D eigenvalue weighted by Gasteiger charge is 2.20. The first-order valence-electron chi connectivity index (χ1n) is 3.64. The smallest absolute Gasteiger partial charge is 0.133 e. The predicted octanol–water partition coefficient (Wildman–Crippen LogP) is 1.97. The summed E-state index contributed by atoms with van der Waals surface area (Å²) >= 11 is 0. The number of hydrogen-bond acceptors (Lipinski definition) is 1. The number of rotatable bonds is 2. The van der Waals surface area contributed by atoms with Gasteiger partial charge in [-0.3, -0.25) is 4.79 Å². The number of ketones is 1. The zero-order valence-electron chi connectivity index (χ0n) is 5.73. The van der Waals surface area contributed by atoms with Crippen molar-refractivity contribution >= 4 is 5.78 Å². The minimum Gasteiger partial charge on any atom is -0.300 e. The van der Waals surface area contributed by atoms with Crippen LogP contribution in [-0.2, 0) is 4.79 Å². The minimum absolute atomic E-state index is 0.452. The molecule has 51 valence electrons. The molecule has 1 fully saturated rings. The van der Waals surface area contributed by atoms with Crippen LogP contribution in [0, 0.1) is 12.8 Å². The normalized spacial score (nSPS) is 27.2. The van der Waals surface area contributed by atoms with Crippen LogP contribution >= 0.6 is 0 Å². The molecule has 0 aromatic rings. The van der Waals surface area contributed by atoms with E-state index in [1.807, 2.05) is 0 Å². The van der Waals surface area contributed by atoms with Gasteiger partial charge in [-0.15, -0.1) is 0 Å². The molecule has 1 atom stereocenters. The van der Waals surface area contributed by atoms with E-state index < -0.39 is 0 Å². The molecule has 0 aromatic carbocycles. The summed E-state index contributed by atoms with van der Waals surface area (Å²) in [6.45, 7) is 3.76. The van der Waals surface area contributed by atoms with E-state index in [4.69, 9.17) is 0 Å². The molecule has 0 aliphatic heterocycles. The fourth-order valence-electron chi connectivity index (χ4n) is 1.43. The summed E-state index contributed by atoms with van der Waals surface area (Å²) in [5.74, 6) is 1.13. The second-order valence-electron chi connectivity index (χ2n) is 2.79. The molecule has 0 aromatic heterocycles. The number of carbonyl (C=O) groups is 1. The highest BCUT2D eigenvalue weighted by molar-refractivity contribution is 5.80. The van der Waals surface area contributed by atoms with Gasteiger partial charge >= 0.3 is 0 Å². The Hall–Kier alpha value is -0.330. The lowest BCUT2D eigenvalue weighted by atomic mass is 10.0. The molecule has 1 unspecified atom stereocenters. The molecule has 1 rings (SSSR count). The Bertz CT molecular complexity index is 107. The monoisotopic (exact) mass is 125 g/mol. The molecule has 0 spiro atoms. The van der Waals surface area contributed by atoms with Crippen molar-refractivity contribution in [3.05, 3.63) is 6.92 Å². The summed E-state index contributed by atoms with van der Waals surface area (Å²) in [6.07, 6.45) is 4.90. The highest BCUT2D eigenvalue weighted by atomic mass is 16.1.